The van der Waals surface area contributed by atoms with Crippen molar-refractivity contribution in [2.24, 2.45) is 0 Å². The zero-order valence-corrected chi connectivity index (χ0v) is 20.1. The van der Waals surface area contributed by atoms with Crippen LogP contribution >= 0.6 is 0 Å². The summed E-state index contributed by atoms with van der Waals surface area (Å²) in [6.45, 7) is 12.2. The maximum absolute atomic E-state index is 12.7. The van der Waals surface area contributed by atoms with E-state index in [2.05, 4.69) is 24.1 Å². The number of nitrogens with zero attached hydrogens (tertiary/aromatic N) is 2. The van der Waals surface area contributed by atoms with Crippen molar-refractivity contribution in [1.82, 2.24) is 4.90 Å². The first-order valence-electron chi connectivity index (χ1n) is 11.7. The Bertz CT molecular complexity index is 881. The van der Waals surface area contributed by atoms with E-state index in [1.807, 2.05) is 45.6 Å². The first kappa shape index (κ1) is 23.2. The topological polar surface area (TPSA) is 45.9 Å². The number of benzene rings is 1. The van der Waals surface area contributed by atoms with Gasteiger partial charge in [-0.15, -0.1) is 0 Å². The molecule has 0 saturated carbocycles. The highest BCUT2D eigenvalue weighted by Crippen LogP contribution is 2.42. The molecule has 0 radical (unpaired) electrons. The second-order valence-electron chi connectivity index (χ2n) is 9.22. The van der Waals surface area contributed by atoms with Gasteiger partial charge in [0, 0.05) is 32.2 Å². The lowest BCUT2D eigenvalue weighted by molar-refractivity contribution is 0.0258. The molecule has 1 aromatic heterocycles. The molecule has 0 bridgehead atoms. The van der Waals surface area contributed by atoms with Gasteiger partial charge in [0.2, 0.25) is 0 Å². The van der Waals surface area contributed by atoms with Crippen LogP contribution in [0.25, 0.3) is 11.3 Å². The Hall–Kier alpha value is -2.43. The highest BCUT2D eigenvalue weighted by Gasteiger charge is 2.29. The van der Waals surface area contributed by atoms with Crippen LogP contribution in [0.2, 0.25) is 0 Å². The second-order valence-corrected chi connectivity index (χ2v) is 9.22. The summed E-state index contributed by atoms with van der Waals surface area (Å²) in [5.41, 5.74) is 6.12. The van der Waals surface area contributed by atoms with Gasteiger partial charge in [0.15, 0.2) is 0 Å². The summed E-state index contributed by atoms with van der Waals surface area (Å²) in [7, 11) is 2.19. The Morgan fingerprint density at radius 3 is 2.45 bits per heavy atom. The molecule has 2 aliphatic rings. The molecule has 0 saturated heterocycles. The molecule has 0 fully saturated rings. The van der Waals surface area contributed by atoms with Crippen LogP contribution in [-0.2, 0) is 24.0 Å². The standard InChI is InChI=1S/C24H32N2O3.C2H6/c1-24(2,3)29-23(27)26-13-10-17-16-18-8-5-6-12-25(4)22(18)21(19(17)11-14-26)20-9-7-15-28-20;1-2/h7,9,15-16H,5-6,8,10-14H2,1-4H3;1-2H3. The molecular formula is C26H38N2O3. The molecule has 5 nitrogen and oxygen atoms in total. The number of aryl methyl sites for hydroxylation is 1. The SMILES string of the molecule is CC.CN1CCCCc2cc3c(c(-c4ccco4)c21)CCN(C(=O)OC(C)(C)C)CC3. The van der Waals surface area contributed by atoms with Gasteiger partial charge in [0.25, 0.3) is 0 Å². The van der Waals surface area contributed by atoms with Gasteiger partial charge in [-0.25, -0.2) is 4.79 Å². The number of anilines is 1. The molecule has 31 heavy (non-hydrogen) atoms. The minimum atomic E-state index is -0.477. The van der Waals surface area contributed by atoms with Crippen LogP contribution in [0.5, 0.6) is 0 Å². The summed E-state index contributed by atoms with van der Waals surface area (Å²) in [6, 6.07) is 6.41. The summed E-state index contributed by atoms with van der Waals surface area (Å²) >= 11 is 0. The lowest BCUT2D eigenvalue weighted by Gasteiger charge is -2.26. The van der Waals surface area contributed by atoms with Gasteiger partial charge in [-0.2, -0.15) is 0 Å². The van der Waals surface area contributed by atoms with E-state index in [1.165, 1.54) is 40.8 Å². The van der Waals surface area contributed by atoms with Crippen LogP contribution in [0.15, 0.2) is 28.9 Å². The first-order valence-corrected chi connectivity index (χ1v) is 11.7. The number of hydrogen-bond donors (Lipinski definition) is 0. The van der Waals surface area contributed by atoms with Crippen molar-refractivity contribution in [1.29, 1.82) is 0 Å². The minimum Gasteiger partial charge on any atom is -0.464 e. The van der Waals surface area contributed by atoms with Crippen LogP contribution in [-0.4, -0.2) is 43.3 Å². The maximum atomic E-state index is 12.7. The second kappa shape index (κ2) is 9.80. The van der Waals surface area contributed by atoms with Crippen molar-refractivity contribution in [2.45, 2.75) is 72.3 Å². The predicted octanol–water partition coefficient (Wildman–Crippen LogP) is 6.08. The molecule has 1 aromatic carbocycles. The van der Waals surface area contributed by atoms with Crippen molar-refractivity contribution in [3.8, 4) is 11.3 Å². The monoisotopic (exact) mass is 426 g/mol. The van der Waals surface area contributed by atoms with Gasteiger partial charge >= 0.3 is 6.09 Å². The highest BCUT2D eigenvalue weighted by molar-refractivity contribution is 5.83. The normalized spacial score (nSPS) is 16.3. The van der Waals surface area contributed by atoms with Crippen LogP contribution in [0.3, 0.4) is 0 Å². The van der Waals surface area contributed by atoms with Gasteiger partial charge in [0.1, 0.15) is 11.4 Å². The van der Waals surface area contributed by atoms with Crippen LogP contribution in [0.1, 0.15) is 64.2 Å². The molecule has 2 aliphatic heterocycles. The summed E-state index contributed by atoms with van der Waals surface area (Å²) in [5.74, 6) is 0.928. The molecule has 2 aromatic rings. The van der Waals surface area contributed by atoms with E-state index in [0.717, 1.165) is 31.6 Å². The first-order chi connectivity index (χ1) is 14.8. The molecule has 3 heterocycles. The van der Waals surface area contributed by atoms with Gasteiger partial charge in [0.05, 0.1) is 12.0 Å². The summed E-state index contributed by atoms with van der Waals surface area (Å²) in [4.78, 5) is 16.9. The molecule has 0 unspecified atom stereocenters. The molecule has 4 rings (SSSR count). The van der Waals surface area contributed by atoms with Crippen LogP contribution in [0.4, 0.5) is 10.5 Å². The quantitative estimate of drug-likeness (QED) is 0.554. The number of ether oxygens (including phenoxy) is 1. The Kier molecular flexibility index (Phi) is 7.34. The third kappa shape index (κ3) is 5.25. The average molecular weight is 427 g/mol. The van der Waals surface area contributed by atoms with Crippen molar-refractivity contribution >= 4 is 11.8 Å². The van der Waals surface area contributed by atoms with E-state index in [0.29, 0.717) is 13.1 Å². The number of amides is 1. The van der Waals surface area contributed by atoms with E-state index in [9.17, 15) is 4.79 Å². The van der Waals surface area contributed by atoms with Gasteiger partial charge < -0.3 is 19.0 Å². The van der Waals surface area contributed by atoms with E-state index >= 15 is 0 Å². The van der Waals surface area contributed by atoms with Crippen molar-refractivity contribution in [2.75, 3.05) is 31.6 Å². The number of rotatable bonds is 1. The summed E-state index contributed by atoms with van der Waals surface area (Å²) in [6.07, 6.45) is 6.70. The Balaban J connectivity index is 0.00000132. The fraction of sp³-hybridized carbons (Fsp3) is 0.577. The minimum absolute atomic E-state index is 0.219. The predicted molar refractivity (Wildman–Crippen MR) is 127 cm³/mol. The van der Waals surface area contributed by atoms with Crippen LogP contribution in [0, 0.1) is 0 Å². The summed E-state index contributed by atoms with van der Waals surface area (Å²) < 4.78 is 11.5. The molecular weight excluding hydrogens is 388 g/mol. The molecule has 0 atom stereocenters. The van der Waals surface area contributed by atoms with E-state index in [4.69, 9.17) is 9.15 Å². The lowest BCUT2D eigenvalue weighted by atomic mass is 9.89. The molecule has 1 amide bonds. The molecule has 5 heteroatoms. The third-order valence-electron chi connectivity index (χ3n) is 5.85. The largest absolute Gasteiger partial charge is 0.464 e. The molecule has 0 N–H and O–H groups in total. The zero-order valence-electron chi connectivity index (χ0n) is 20.1. The van der Waals surface area contributed by atoms with E-state index in [1.54, 1.807) is 6.26 Å². The van der Waals surface area contributed by atoms with Crippen molar-refractivity contribution < 1.29 is 13.9 Å². The smallest absolute Gasteiger partial charge is 0.410 e. The maximum Gasteiger partial charge on any atom is 0.410 e. The number of carbonyl (C=O) groups excluding carboxylic acids is 1. The summed E-state index contributed by atoms with van der Waals surface area (Å²) in [5, 5.41) is 0. The number of hydrogen-bond acceptors (Lipinski definition) is 4. The fourth-order valence-electron chi connectivity index (χ4n) is 4.55. The fourth-order valence-corrected chi connectivity index (χ4v) is 4.55. The molecule has 0 aliphatic carbocycles. The van der Waals surface area contributed by atoms with Gasteiger partial charge in [-0.05, 0) is 81.7 Å². The van der Waals surface area contributed by atoms with Gasteiger partial charge in [-0.3, -0.25) is 0 Å². The number of fused-ring (bicyclic) bond motifs is 2. The Labute approximate surface area is 187 Å². The van der Waals surface area contributed by atoms with Crippen molar-refractivity contribution in [3.63, 3.8) is 0 Å². The number of furan rings is 1. The zero-order chi connectivity index (χ0) is 22.6. The highest BCUT2D eigenvalue weighted by atomic mass is 16.6. The lowest BCUT2D eigenvalue weighted by Crippen LogP contribution is -2.38. The Morgan fingerprint density at radius 1 is 1.03 bits per heavy atom. The van der Waals surface area contributed by atoms with Gasteiger partial charge in [-0.1, -0.05) is 19.9 Å². The average Bonchev–Trinajstić information content (AvgIpc) is 3.08. The number of carbonyl (C=O) groups is 1. The molecule has 170 valence electrons. The third-order valence-corrected chi connectivity index (χ3v) is 5.85. The van der Waals surface area contributed by atoms with Crippen molar-refractivity contribution in [3.05, 3.63) is 41.2 Å². The van der Waals surface area contributed by atoms with E-state index < -0.39 is 5.60 Å². The van der Waals surface area contributed by atoms with E-state index in [-0.39, 0.29) is 6.09 Å². The van der Waals surface area contributed by atoms with Crippen LogP contribution < -0.4 is 4.90 Å². The Morgan fingerprint density at radius 2 is 1.77 bits per heavy atom. The molecule has 0 spiro atoms.